The first kappa shape index (κ1) is 20.9. The third kappa shape index (κ3) is 4.40. The number of nitrogens with zero attached hydrogens (tertiary/aromatic N) is 6. The lowest BCUT2D eigenvalue weighted by Gasteiger charge is -2.14. The van der Waals surface area contributed by atoms with Crippen molar-refractivity contribution >= 4 is 0 Å². The molecule has 7 nitrogen and oxygen atoms in total. The molecule has 0 aliphatic heterocycles. The van der Waals surface area contributed by atoms with Gasteiger partial charge in [0.05, 0.1) is 6.04 Å². The molecule has 4 rings (SSSR count). The van der Waals surface area contributed by atoms with Crippen LogP contribution in [0.15, 0.2) is 48.5 Å². The summed E-state index contributed by atoms with van der Waals surface area (Å²) in [6, 6.07) is 17.0. The van der Waals surface area contributed by atoms with E-state index in [9.17, 15) is 0 Å². The Morgan fingerprint density at radius 1 is 1.00 bits per heavy atom. The zero-order valence-electron chi connectivity index (χ0n) is 18.8. The fourth-order valence-electron chi connectivity index (χ4n) is 3.51. The molecule has 1 unspecified atom stereocenters. The average molecular weight is 416 g/mol. The van der Waals surface area contributed by atoms with Crippen LogP contribution in [0.25, 0.3) is 22.5 Å². The number of tetrazole rings is 1. The predicted octanol–water partition coefficient (Wildman–Crippen LogP) is 4.98. The highest BCUT2D eigenvalue weighted by molar-refractivity contribution is 5.80. The zero-order chi connectivity index (χ0) is 22.0. The van der Waals surface area contributed by atoms with Crippen LogP contribution >= 0.6 is 0 Å². The summed E-state index contributed by atoms with van der Waals surface area (Å²) in [5.74, 6) is 2.50. The van der Waals surface area contributed by atoms with Crippen molar-refractivity contribution in [2.24, 2.45) is 0 Å². The van der Waals surface area contributed by atoms with Gasteiger partial charge in [0, 0.05) is 17.4 Å². The van der Waals surface area contributed by atoms with Gasteiger partial charge in [-0.25, -0.2) is 9.67 Å². The molecule has 31 heavy (non-hydrogen) atoms. The minimum atomic E-state index is -0.0732. The van der Waals surface area contributed by atoms with Gasteiger partial charge in [-0.05, 0) is 35.2 Å². The van der Waals surface area contributed by atoms with Gasteiger partial charge in [0.2, 0.25) is 5.82 Å². The minimum Gasteiger partial charge on any atom is -0.247 e. The molecule has 1 atom stereocenters. The summed E-state index contributed by atoms with van der Waals surface area (Å²) < 4.78 is 2.10. The first-order valence-electron chi connectivity index (χ1n) is 10.7. The van der Waals surface area contributed by atoms with E-state index in [0.717, 1.165) is 41.2 Å². The maximum Gasteiger partial charge on any atom is 0.205 e. The van der Waals surface area contributed by atoms with Crippen LogP contribution in [0.4, 0.5) is 0 Å². The van der Waals surface area contributed by atoms with Gasteiger partial charge in [0.25, 0.3) is 0 Å². The normalized spacial score (nSPS) is 12.8. The van der Waals surface area contributed by atoms with Crippen molar-refractivity contribution in [2.75, 3.05) is 0 Å². The van der Waals surface area contributed by atoms with Gasteiger partial charge in [-0.1, -0.05) is 76.2 Å². The van der Waals surface area contributed by atoms with Crippen LogP contribution in [-0.2, 0) is 11.8 Å². The quantitative estimate of drug-likeness (QED) is 0.480. The van der Waals surface area contributed by atoms with Crippen LogP contribution in [0.5, 0.6) is 0 Å². The molecule has 7 heteroatoms. The van der Waals surface area contributed by atoms with Crippen LogP contribution in [-0.4, -0.2) is 35.4 Å². The van der Waals surface area contributed by atoms with Gasteiger partial charge in [-0.15, -0.1) is 10.2 Å². The smallest absolute Gasteiger partial charge is 0.205 e. The lowest BCUT2D eigenvalue weighted by atomic mass is 9.96. The molecular weight excluding hydrogens is 386 g/mol. The molecular formula is C24H29N7. The first-order valence-corrected chi connectivity index (χ1v) is 10.7. The topological polar surface area (TPSA) is 85.2 Å². The van der Waals surface area contributed by atoms with Crippen LogP contribution in [0.2, 0.25) is 0 Å². The molecule has 0 spiro atoms. The lowest BCUT2D eigenvalue weighted by Crippen LogP contribution is -2.15. The Morgan fingerprint density at radius 3 is 2.32 bits per heavy atom. The van der Waals surface area contributed by atoms with Crippen LogP contribution < -0.4 is 0 Å². The Hall–Kier alpha value is -3.35. The molecule has 0 aliphatic rings. The van der Waals surface area contributed by atoms with Gasteiger partial charge in [0.1, 0.15) is 5.82 Å². The molecule has 0 saturated carbocycles. The lowest BCUT2D eigenvalue weighted by molar-refractivity contribution is 0.446. The second kappa shape index (κ2) is 8.41. The molecule has 0 radical (unpaired) electrons. The molecule has 0 amide bonds. The standard InChI is InChI=1S/C24H29N7/c1-6-16(2)31-21(25-23(28-31)24(3,4)5)15-17-11-13-18(14-12-17)19-9-7-8-10-20(19)22-26-29-30-27-22/h7-14,16H,6,15H2,1-5H3,(H,26,27,29,30). The fourth-order valence-corrected chi connectivity index (χ4v) is 3.51. The molecule has 1 N–H and O–H groups in total. The van der Waals surface area contributed by atoms with Crippen molar-refractivity contribution in [3.63, 3.8) is 0 Å². The highest BCUT2D eigenvalue weighted by Gasteiger charge is 2.23. The molecule has 0 aliphatic carbocycles. The van der Waals surface area contributed by atoms with Crippen molar-refractivity contribution in [3.8, 4) is 22.5 Å². The number of hydrogen-bond acceptors (Lipinski definition) is 5. The van der Waals surface area contributed by atoms with Crippen LogP contribution in [0.3, 0.4) is 0 Å². The van der Waals surface area contributed by atoms with E-state index < -0.39 is 0 Å². The van der Waals surface area contributed by atoms with Gasteiger partial charge < -0.3 is 0 Å². The van der Waals surface area contributed by atoms with E-state index in [2.05, 4.69) is 90.3 Å². The maximum atomic E-state index is 4.90. The van der Waals surface area contributed by atoms with Crippen molar-refractivity contribution < 1.29 is 0 Å². The van der Waals surface area contributed by atoms with Gasteiger partial charge in [-0.3, -0.25) is 0 Å². The molecule has 0 fully saturated rings. The maximum absolute atomic E-state index is 4.90. The number of H-pyrrole nitrogens is 1. The number of hydrogen-bond donors (Lipinski definition) is 1. The number of aromatic nitrogens is 7. The average Bonchev–Trinajstić information content (AvgIpc) is 3.44. The van der Waals surface area contributed by atoms with Gasteiger partial charge >= 0.3 is 0 Å². The zero-order valence-corrected chi connectivity index (χ0v) is 18.8. The van der Waals surface area contributed by atoms with Gasteiger partial charge in [0.15, 0.2) is 5.82 Å². The van der Waals surface area contributed by atoms with E-state index in [1.165, 1.54) is 5.56 Å². The molecule has 0 bridgehead atoms. The molecule has 2 aromatic heterocycles. The van der Waals surface area contributed by atoms with Crippen molar-refractivity contribution in [2.45, 2.75) is 58.9 Å². The molecule has 2 aromatic carbocycles. The summed E-state index contributed by atoms with van der Waals surface area (Å²) >= 11 is 0. The van der Waals surface area contributed by atoms with E-state index in [0.29, 0.717) is 11.9 Å². The Labute approximate surface area is 182 Å². The van der Waals surface area contributed by atoms with Gasteiger partial charge in [-0.2, -0.15) is 10.3 Å². The van der Waals surface area contributed by atoms with E-state index >= 15 is 0 Å². The SMILES string of the molecule is CCC(C)n1nc(C(C)(C)C)nc1Cc1ccc(-c2ccccc2-c2nn[nH]n2)cc1. The molecule has 2 heterocycles. The fraction of sp³-hybridized carbons (Fsp3) is 0.375. The van der Waals surface area contributed by atoms with Crippen LogP contribution in [0.1, 0.15) is 64.3 Å². The Morgan fingerprint density at radius 2 is 1.71 bits per heavy atom. The highest BCUT2D eigenvalue weighted by atomic mass is 15.5. The Kier molecular flexibility index (Phi) is 5.67. The Bertz CT molecular complexity index is 1140. The summed E-state index contributed by atoms with van der Waals surface area (Å²) in [6.45, 7) is 10.8. The van der Waals surface area contributed by atoms with E-state index in [1.807, 2.05) is 18.2 Å². The van der Waals surface area contributed by atoms with Crippen molar-refractivity contribution in [1.82, 2.24) is 35.4 Å². The third-order valence-electron chi connectivity index (χ3n) is 5.52. The number of aromatic amines is 1. The van der Waals surface area contributed by atoms with Crippen LogP contribution in [0, 0.1) is 0 Å². The van der Waals surface area contributed by atoms with Crippen molar-refractivity contribution in [1.29, 1.82) is 0 Å². The third-order valence-corrected chi connectivity index (χ3v) is 5.52. The number of nitrogens with one attached hydrogen (secondary N) is 1. The summed E-state index contributed by atoms with van der Waals surface area (Å²) in [7, 11) is 0. The molecule has 0 saturated heterocycles. The largest absolute Gasteiger partial charge is 0.247 e. The molecule has 160 valence electrons. The van der Waals surface area contributed by atoms with E-state index in [4.69, 9.17) is 10.1 Å². The second-order valence-corrected chi connectivity index (χ2v) is 8.96. The summed E-state index contributed by atoms with van der Waals surface area (Å²) in [5.41, 5.74) is 4.28. The van der Waals surface area contributed by atoms with E-state index in [-0.39, 0.29) is 5.41 Å². The second-order valence-electron chi connectivity index (χ2n) is 8.96. The Balaban J connectivity index is 1.63. The summed E-state index contributed by atoms with van der Waals surface area (Å²) in [6.07, 6.45) is 1.77. The van der Waals surface area contributed by atoms with Crippen molar-refractivity contribution in [3.05, 3.63) is 65.7 Å². The summed E-state index contributed by atoms with van der Waals surface area (Å²) in [4.78, 5) is 4.90. The monoisotopic (exact) mass is 415 g/mol. The number of rotatable bonds is 6. The summed E-state index contributed by atoms with van der Waals surface area (Å²) in [5, 5.41) is 19.3. The molecule has 4 aromatic rings. The first-order chi connectivity index (χ1) is 14.9. The predicted molar refractivity (Wildman–Crippen MR) is 122 cm³/mol. The number of benzene rings is 2. The minimum absolute atomic E-state index is 0.0732. The van der Waals surface area contributed by atoms with E-state index in [1.54, 1.807) is 0 Å². The highest BCUT2D eigenvalue weighted by Crippen LogP contribution is 2.30.